The Labute approximate surface area is 300 Å². The molecule has 48 heavy (non-hydrogen) atoms. The highest BCUT2D eigenvalue weighted by atomic mass is 28.5. The van der Waals surface area contributed by atoms with Crippen molar-refractivity contribution in [2.75, 3.05) is 13.2 Å². The van der Waals surface area contributed by atoms with Gasteiger partial charge in [0, 0.05) is 5.41 Å². The van der Waals surface area contributed by atoms with Gasteiger partial charge in [0.1, 0.15) is 11.5 Å². The van der Waals surface area contributed by atoms with Gasteiger partial charge in [0.2, 0.25) is 0 Å². The summed E-state index contributed by atoms with van der Waals surface area (Å²) in [6.07, 6.45) is 1.73. The van der Waals surface area contributed by atoms with Crippen LogP contribution in [0.1, 0.15) is 37.8 Å². The summed E-state index contributed by atoms with van der Waals surface area (Å²) in [6.45, 7) is 24.5. The van der Waals surface area contributed by atoms with Crippen molar-refractivity contribution in [2.45, 2.75) is 103 Å². The lowest BCUT2D eigenvalue weighted by molar-refractivity contribution is 0.255. The molecular formula is C30H58O10Si8. The SMILES string of the molecule is C[SiH]1O[SiH](C)O[Si](C)(CCCOc2ccc(C(C)(C)c3ccc(OCCC[Si]4(C)O[SiH](C)O[Si](C)(C)O[SiH](C)O4)cc3)cc2)O[SiH](C)O1. The fourth-order valence-corrected chi connectivity index (χ4v) is 37.6. The van der Waals surface area contributed by atoms with E-state index in [4.69, 9.17) is 42.4 Å². The van der Waals surface area contributed by atoms with Crippen LogP contribution in [0.4, 0.5) is 0 Å². The third-order valence-corrected chi connectivity index (χ3v) is 37.7. The molecule has 18 heteroatoms. The summed E-state index contributed by atoms with van der Waals surface area (Å²) < 4.78 is 62.5. The summed E-state index contributed by atoms with van der Waals surface area (Å²) >= 11 is 0. The van der Waals surface area contributed by atoms with Gasteiger partial charge in [0.25, 0.3) is 27.9 Å². The van der Waals surface area contributed by atoms with Crippen LogP contribution in [0, 0.1) is 0 Å². The molecule has 270 valence electrons. The molecule has 2 aromatic rings. The van der Waals surface area contributed by atoms with Crippen molar-refractivity contribution in [1.82, 2.24) is 0 Å². The quantitative estimate of drug-likeness (QED) is 0.194. The smallest absolute Gasteiger partial charge is 0.317 e. The minimum atomic E-state index is -2.36. The Morgan fingerprint density at radius 2 is 0.875 bits per heavy atom. The van der Waals surface area contributed by atoms with Gasteiger partial charge in [-0.2, -0.15) is 0 Å². The predicted molar refractivity (Wildman–Crippen MR) is 209 cm³/mol. The molecule has 0 bridgehead atoms. The van der Waals surface area contributed by atoms with E-state index >= 15 is 0 Å². The monoisotopic (exact) mass is 802 g/mol. The molecule has 4 rings (SSSR count). The van der Waals surface area contributed by atoms with Crippen molar-refractivity contribution in [1.29, 1.82) is 0 Å². The Kier molecular flexibility index (Phi) is 14.5. The Hall–Kier alpha value is -0.545. The molecule has 0 radical (unpaired) electrons. The average molecular weight is 803 g/mol. The van der Waals surface area contributed by atoms with E-state index in [1.54, 1.807) is 0 Å². The molecule has 2 saturated heterocycles. The van der Waals surface area contributed by atoms with Crippen LogP contribution < -0.4 is 9.47 Å². The Balaban J connectivity index is 1.22. The van der Waals surface area contributed by atoms with Gasteiger partial charge in [-0.05, 0) is 119 Å². The second-order valence-electron chi connectivity index (χ2n) is 14.1. The van der Waals surface area contributed by atoms with Gasteiger partial charge in [-0.25, -0.2) is 0 Å². The molecule has 0 saturated carbocycles. The molecule has 0 amide bonds. The highest BCUT2D eigenvalue weighted by molar-refractivity contribution is 6.85. The molecular weight excluding hydrogens is 745 g/mol. The van der Waals surface area contributed by atoms with Crippen molar-refractivity contribution in [2.24, 2.45) is 0 Å². The number of ether oxygens (including phenoxy) is 2. The topological polar surface area (TPSA) is 92.3 Å². The average Bonchev–Trinajstić information content (AvgIpc) is 2.95. The van der Waals surface area contributed by atoms with Gasteiger partial charge in [-0.1, -0.05) is 38.1 Å². The zero-order valence-corrected chi connectivity index (χ0v) is 39.6. The van der Waals surface area contributed by atoms with E-state index in [1.165, 1.54) is 11.1 Å². The van der Waals surface area contributed by atoms with E-state index in [9.17, 15) is 0 Å². The molecule has 0 aromatic heterocycles. The fourth-order valence-electron chi connectivity index (χ4n) is 6.47. The van der Waals surface area contributed by atoms with Crippen LogP contribution >= 0.6 is 0 Å². The zero-order valence-electron chi connectivity index (χ0n) is 30.8. The first-order valence-electron chi connectivity index (χ1n) is 17.3. The van der Waals surface area contributed by atoms with E-state index in [0.29, 0.717) is 13.2 Å². The summed E-state index contributed by atoms with van der Waals surface area (Å²) in [5, 5.41) is 0. The van der Waals surface area contributed by atoms with Gasteiger partial charge < -0.3 is 42.4 Å². The fraction of sp³-hybridized carbons (Fsp3) is 0.600. The molecule has 4 unspecified atom stereocenters. The predicted octanol–water partition coefficient (Wildman–Crippen LogP) is 5.81. The first-order chi connectivity index (χ1) is 22.5. The summed E-state index contributed by atoms with van der Waals surface area (Å²) in [5.41, 5.74) is 2.27. The van der Waals surface area contributed by atoms with E-state index < -0.39 is 72.1 Å². The minimum absolute atomic E-state index is 0.175. The molecule has 0 spiro atoms. The molecule has 0 N–H and O–H groups in total. The summed E-state index contributed by atoms with van der Waals surface area (Å²) in [6, 6.07) is 18.6. The van der Waals surface area contributed by atoms with Crippen LogP contribution in [0.3, 0.4) is 0 Å². The van der Waals surface area contributed by atoms with Gasteiger partial charge >= 0.3 is 44.3 Å². The largest absolute Gasteiger partial charge is 0.494 e. The van der Waals surface area contributed by atoms with Crippen LogP contribution in [-0.4, -0.2) is 85.3 Å². The maximum Gasteiger partial charge on any atom is 0.317 e. The van der Waals surface area contributed by atoms with Crippen LogP contribution in [0.15, 0.2) is 48.5 Å². The molecule has 2 aliphatic heterocycles. The first kappa shape index (κ1) is 40.2. The molecule has 2 fully saturated rings. The molecule has 2 heterocycles. The lowest BCUT2D eigenvalue weighted by Crippen LogP contribution is -2.56. The third kappa shape index (κ3) is 12.3. The van der Waals surface area contributed by atoms with Crippen LogP contribution in [0.25, 0.3) is 0 Å². The second-order valence-corrected chi connectivity index (χ2v) is 35.9. The van der Waals surface area contributed by atoms with E-state index in [-0.39, 0.29) is 5.41 Å². The molecule has 2 aromatic carbocycles. The van der Waals surface area contributed by atoms with Gasteiger partial charge in [0.15, 0.2) is 0 Å². The van der Waals surface area contributed by atoms with E-state index in [0.717, 1.165) is 36.4 Å². The van der Waals surface area contributed by atoms with Crippen molar-refractivity contribution >= 4 is 72.1 Å². The standard InChI is InChI=1S/C30H58O10Si8/c1-30(2,26-14-18-28(19-15-26)31-22-12-24-47(10)37-42(4)33-41(3)34-43(5)38-47)27-16-20-29(21-17-27)32-23-13-25-48(11)39-44(6)35-46(8,9)36-45(7)40-48/h14-21,41-45H,12-13,22-25H2,1-11H3. The molecule has 2 aliphatic rings. The number of hydrogen-bond donors (Lipinski definition) is 0. The van der Waals surface area contributed by atoms with Crippen molar-refractivity contribution in [3.05, 3.63) is 59.7 Å². The minimum Gasteiger partial charge on any atom is -0.494 e. The normalized spacial score (nSPS) is 31.6. The van der Waals surface area contributed by atoms with E-state index in [1.807, 2.05) is 0 Å². The lowest BCUT2D eigenvalue weighted by atomic mass is 9.78. The Morgan fingerprint density at radius 3 is 1.25 bits per heavy atom. The van der Waals surface area contributed by atoms with Crippen LogP contribution in [0.5, 0.6) is 11.5 Å². The highest BCUT2D eigenvalue weighted by Crippen LogP contribution is 2.34. The number of rotatable bonds is 12. The number of benzene rings is 2. The van der Waals surface area contributed by atoms with Crippen LogP contribution in [-0.2, 0) is 38.3 Å². The Bertz CT molecular complexity index is 1260. The zero-order chi connectivity index (χ0) is 35.2. The molecule has 4 atom stereocenters. The van der Waals surface area contributed by atoms with Gasteiger partial charge in [-0.3, -0.25) is 0 Å². The lowest BCUT2D eigenvalue weighted by Gasteiger charge is -2.40. The van der Waals surface area contributed by atoms with Crippen molar-refractivity contribution < 1.29 is 42.4 Å². The summed E-state index contributed by atoms with van der Waals surface area (Å²) in [5.74, 6) is 1.74. The second kappa shape index (κ2) is 17.3. The van der Waals surface area contributed by atoms with E-state index in [2.05, 4.69) is 121 Å². The van der Waals surface area contributed by atoms with Crippen molar-refractivity contribution in [3.63, 3.8) is 0 Å². The molecule has 10 nitrogen and oxygen atoms in total. The summed E-state index contributed by atoms with van der Waals surface area (Å²) in [7, 11) is -15.5. The summed E-state index contributed by atoms with van der Waals surface area (Å²) in [4.78, 5) is 0. The third-order valence-electron chi connectivity index (χ3n) is 8.57. The highest BCUT2D eigenvalue weighted by Gasteiger charge is 2.43. The maximum absolute atomic E-state index is 6.45. The van der Waals surface area contributed by atoms with Crippen LogP contribution in [0.2, 0.25) is 71.0 Å². The Morgan fingerprint density at radius 1 is 0.521 bits per heavy atom. The van der Waals surface area contributed by atoms with Crippen molar-refractivity contribution in [3.8, 4) is 11.5 Å². The maximum atomic E-state index is 6.45. The molecule has 0 aliphatic carbocycles. The first-order valence-corrected chi connectivity index (χ1v) is 35.7. The van der Waals surface area contributed by atoms with Gasteiger partial charge in [-0.15, -0.1) is 0 Å². The van der Waals surface area contributed by atoms with Gasteiger partial charge in [0.05, 0.1) is 13.2 Å². The number of hydrogen-bond acceptors (Lipinski definition) is 10.